The number of fused-ring (bicyclic) bond motifs is 1. The number of nitrogens with zero attached hydrogens (tertiary/aromatic N) is 5. The molecule has 0 saturated carbocycles. The number of benzene rings is 2. The Kier molecular flexibility index (Phi) is 6.17. The number of piperidine rings is 1. The molecule has 0 amide bonds. The molecule has 0 atom stereocenters. The van der Waals surface area contributed by atoms with Gasteiger partial charge < -0.3 is 9.84 Å². The maximum Gasteiger partial charge on any atom is 0.264 e. The van der Waals surface area contributed by atoms with Gasteiger partial charge in [0.2, 0.25) is 0 Å². The maximum absolute atomic E-state index is 12.8. The van der Waals surface area contributed by atoms with Crippen molar-refractivity contribution >= 4 is 11.0 Å². The molecule has 5 rings (SSSR count). The first-order chi connectivity index (χ1) is 16.5. The molecule has 8 heteroatoms. The number of aryl methyl sites for hydroxylation is 1. The summed E-state index contributed by atoms with van der Waals surface area (Å²) in [5.41, 5.74) is 1.84. The van der Waals surface area contributed by atoms with Crippen LogP contribution in [-0.4, -0.2) is 48.0 Å². The quantitative estimate of drug-likeness (QED) is 0.458. The van der Waals surface area contributed by atoms with Crippen molar-refractivity contribution in [3.8, 4) is 5.75 Å². The molecule has 2 aromatic heterocycles. The van der Waals surface area contributed by atoms with Gasteiger partial charge in [-0.3, -0.25) is 18.9 Å². The van der Waals surface area contributed by atoms with Crippen LogP contribution in [0.25, 0.3) is 11.0 Å². The van der Waals surface area contributed by atoms with E-state index in [-0.39, 0.29) is 12.1 Å². The number of hydrogen-bond acceptors (Lipinski definition) is 6. The standard InChI is InChI=1S/C26H29N5O3/c1-29-24-23(15-28-29)25(32)31(19-27-24)18-26(33)11-13-30(14-12-26)16-20-7-9-21(10-8-20)17-34-22-5-3-2-4-6-22/h2-10,15,19,33H,11-14,16-18H2,1H3. The van der Waals surface area contributed by atoms with Gasteiger partial charge in [0.25, 0.3) is 5.56 Å². The molecule has 4 aromatic rings. The topological polar surface area (TPSA) is 85.4 Å². The Hall–Kier alpha value is -3.49. The van der Waals surface area contributed by atoms with E-state index in [1.54, 1.807) is 11.7 Å². The predicted molar refractivity (Wildman–Crippen MR) is 129 cm³/mol. The summed E-state index contributed by atoms with van der Waals surface area (Å²) in [4.78, 5) is 19.4. The Bertz CT molecular complexity index is 1310. The van der Waals surface area contributed by atoms with Crippen LogP contribution in [-0.2, 0) is 26.7 Å². The summed E-state index contributed by atoms with van der Waals surface area (Å²) < 4.78 is 8.91. The lowest BCUT2D eigenvalue weighted by Crippen LogP contribution is -2.47. The van der Waals surface area contributed by atoms with Gasteiger partial charge in [-0.15, -0.1) is 0 Å². The van der Waals surface area contributed by atoms with E-state index in [4.69, 9.17) is 4.74 Å². The first-order valence-electron chi connectivity index (χ1n) is 11.6. The van der Waals surface area contributed by atoms with Crippen LogP contribution in [0.3, 0.4) is 0 Å². The van der Waals surface area contributed by atoms with E-state index >= 15 is 0 Å². The number of rotatable bonds is 7. The normalized spacial score (nSPS) is 16.1. The van der Waals surface area contributed by atoms with Crippen molar-refractivity contribution in [2.24, 2.45) is 7.05 Å². The SMILES string of the molecule is Cn1ncc2c(=O)n(CC3(O)CCN(Cc4ccc(COc5ccccc5)cc4)CC3)cnc21. The summed E-state index contributed by atoms with van der Waals surface area (Å²) in [7, 11) is 1.76. The minimum Gasteiger partial charge on any atom is -0.489 e. The molecule has 34 heavy (non-hydrogen) atoms. The lowest BCUT2D eigenvalue weighted by Gasteiger charge is -2.38. The van der Waals surface area contributed by atoms with E-state index in [9.17, 15) is 9.90 Å². The monoisotopic (exact) mass is 459 g/mol. The molecule has 1 saturated heterocycles. The highest BCUT2D eigenvalue weighted by Crippen LogP contribution is 2.25. The van der Waals surface area contributed by atoms with Crippen molar-refractivity contribution in [1.82, 2.24) is 24.2 Å². The third-order valence-electron chi connectivity index (χ3n) is 6.55. The third-order valence-corrected chi connectivity index (χ3v) is 6.55. The van der Waals surface area contributed by atoms with Gasteiger partial charge >= 0.3 is 0 Å². The second-order valence-electron chi connectivity index (χ2n) is 9.10. The third kappa shape index (κ3) is 4.88. The summed E-state index contributed by atoms with van der Waals surface area (Å²) >= 11 is 0. The van der Waals surface area contributed by atoms with Crippen LogP contribution in [0, 0.1) is 0 Å². The molecule has 1 aliphatic rings. The van der Waals surface area contributed by atoms with E-state index in [2.05, 4.69) is 39.2 Å². The van der Waals surface area contributed by atoms with Crippen LogP contribution in [0.2, 0.25) is 0 Å². The van der Waals surface area contributed by atoms with Gasteiger partial charge in [0.05, 0.1) is 18.3 Å². The number of aliphatic hydroxyl groups is 1. The number of aromatic nitrogens is 4. The lowest BCUT2D eigenvalue weighted by atomic mass is 9.91. The predicted octanol–water partition coefficient (Wildman–Crippen LogP) is 2.74. The van der Waals surface area contributed by atoms with Crippen molar-refractivity contribution in [1.29, 1.82) is 0 Å². The highest BCUT2D eigenvalue weighted by Gasteiger charge is 2.33. The van der Waals surface area contributed by atoms with E-state index in [1.165, 1.54) is 22.7 Å². The van der Waals surface area contributed by atoms with Crippen LogP contribution in [0.1, 0.15) is 24.0 Å². The number of hydrogen-bond donors (Lipinski definition) is 1. The lowest BCUT2D eigenvalue weighted by molar-refractivity contribution is -0.0364. The fraction of sp³-hybridized carbons (Fsp3) is 0.346. The molecule has 0 radical (unpaired) electrons. The minimum atomic E-state index is -0.920. The molecular weight excluding hydrogens is 430 g/mol. The Morgan fingerprint density at radius 1 is 1.03 bits per heavy atom. The molecule has 176 valence electrons. The fourth-order valence-electron chi connectivity index (χ4n) is 4.46. The zero-order valence-corrected chi connectivity index (χ0v) is 19.3. The van der Waals surface area contributed by atoms with Crippen molar-refractivity contribution in [2.45, 2.75) is 38.1 Å². The second kappa shape index (κ2) is 9.40. The van der Waals surface area contributed by atoms with Gasteiger partial charge in [-0.2, -0.15) is 5.10 Å². The van der Waals surface area contributed by atoms with Crippen LogP contribution in [0.15, 0.2) is 71.9 Å². The Balaban J connectivity index is 1.14. The van der Waals surface area contributed by atoms with Crippen LogP contribution < -0.4 is 10.3 Å². The molecule has 1 aliphatic heterocycles. The maximum atomic E-state index is 12.8. The van der Waals surface area contributed by atoms with Crippen molar-refractivity contribution in [3.05, 3.63) is 88.6 Å². The average Bonchev–Trinajstić information content (AvgIpc) is 3.24. The van der Waals surface area contributed by atoms with Crippen LogP contribution in [0.4, 0.5) is 0 Å². The Morgan fingerprint density at radius 2 is 1.74 bits per heavy atom. The molecule has 0 aliphatic carbocycles. The smallest absolute Gasteiger partial charge is 0.264 e. The summed E-state index contributed by atoms with van der Waals surface area (Å²) in [5, 5.41) is 15.7. The first kappa shape index (κ1) is 22.3. The molecular formula is C26H29N5O3. The zero-order chi connectivity index (χ0) is 23.5. The largest absolute Gasteiger partial charge is 0.489 e. The summed E-state index contributed by atoms with van der Waals surface area (Å²) in [6.07, 6.45) is 4.26. The number of ether oxygens (including phenoxy) is 1. The minimum absolute atomic E-state index is 0.162. The van der Waals surface area contributed by atoms with Crippen LogP contribution >= 0.6 is 0 Å². The first-order valence-corrected chi connectivity index (χ1v) is 11.6. The van der Waals surface area contributed by atoms with E-state index in [1.807, 2.05) is 30.3 Å². The molecule has 0 unspecified atom stereocenters. The van der Waals surface area contributed by atoms with Crippen molar-refractivity contribution in [3.63, 3.8) is 0 Å². The Morgan fingerprint density at radius 3 is 2.47 bits per heavy atom. The average molecular weight is 460 g/mol. The molecule has 0 spiro atoms. The van der Waals surface area contributed by atoms with Crippen molar-refractivity contribution < 1.29 is 9.84 Å². The fourth-order valence-corrected chi connectivity index (χ4v) is 4.46. The van der Waals surface area contributed by atoms with Gasteiger partial charge in [-0.25, -0.2) is 4.98 Å². The molecule has 3 heterocycles. The Labute approximate surface area is 198 Å². The van der Waals surface area contributed by atoms with Crippen molar-refractivity contribution in [2.75, 3.05) is 13.1 Å². The molecule has 1 fully saturated rings. The number of para-hydroxylation sites is 1. The molecule has 8 nitrogen and oxygen atoms in total. The molecule has 0 bridgehead atoms. The summed E-state index contributed by atoms with van der Waals surface area (Å²) in [6, 6.07) is 18.3. The van der Waals surface area contributed by atoms with Gasteiger partial charge in [0, 0.05) is 26.7 Å². The van der Waals surface area contributed by atoms with E-state index < -0.39 is 5.60 Å². The van der Waals surface area contributed by atoms with Gasteiger partial charge in [-0.05, 0) is 36.1 Å². The number of likely N-dealkylation sites (tertiary alicyclic amines) is 1. The summed E-state index contributed by atoms with van der Waals surface area (Å²) in [6.45, 7) is 3.16. The van der Waals surface area contributed by atoms with Gasteiger partial charge in [-0.1, -0.05) is 42.5 Å². The zero-order valence-electron chi connectivity index (χ0n) is 19.3. The second-order valence-corrected chi connectivity index (χ2v) is 9.10. The van der Waals surface area contributed by atoms with Crippen LogP contribution in [0.5, 0.6) is 5.75 Å². The highest BCUT2D eigenvalue weighted by molar-refractivity contribution is 5.72. The molecule has 1 N–H and O–H groups in total. The van der Waals surface area contributed by atoms with E-state index in [0.29, 0.717) is 30.5 Å². The van der Waals surface area contributed by atoms with Gasteiger partial charge in [0.1, 0.15) is 24.1 Å². The highest BCUT2D eigenvalue weighted by atomic mass is 16.5. The van der Waals surface area contributed by atoms with E-state index in [0.717, 1.165) is 30.9 Å². The molecule has 2 aromatic carbocycles. The van der Waals surface area contributed by atoms with Gasteiger partial charge in [0.15, 0.2) is 5.65 Å². The summed E-state index contributed by atoms with van der Waals surface area (Å²) in [5.74, 6) is 0.866.